The molecule has 1 aliphatic heterocycles. The largest absolute Gasteiger partial charge is 0.462 e. The average Bonchev–Trinajstić information content (AvgIpc) is 3.32. The number of carbonyl (C=O) groups excluding carboxylic acids is 3. The summed E-state index contributed by atoms with van der Waals surface area (Å²) in [6.45, 7) is 2.39. The molecule has 0 fully saturated rings. The fourth-order valence-electron chi connectivity index (χ4n) is 3.31. The van der Waals surface area contributed by atoms with Gasteiger partial charge in [0, 0.05) is 17.1 Å². The molecule has 4 rings (SSSR count). The number of hydrogen-bond donors (Lipinski definition) is 2. The van der Waals surface area contributed by atoms with Gasteiger partial charge in [-0.3, -0.25) is 9.59 Å². The molecule has 2 N–H and O–H groups in total. The summed E-state index contributed by atoms with van der Waals surface area (Å²) in [5, 5.41) is 5.90. The molecule has 2 amide bonds. The molecule has 0 saturated heterocycles. The van der Waals surface area contributed by atoms with Gasteiger partial charge in [-0.2, -0.15) is 0 Å². The maximum Gasteiger partial charge on any atom is 0.338 e. The minimum absolute atomic E-state index is 0.169. The minimum Gasteiger partial charge on any atom is -0.462 e. The Morgan fingerprint density at radius 2 is 1.65 bits per heavy atom. The van der Waals surface area contributed by atoms with E-state index in [1.807, 2.05) is 6.07 Å². The molecule has 0 radical (unpaired) electrons. The molecule has 1 aliphatic rings. The molecule has 8 nitrogen and oxygen atoms in total. The third-order valence-corrected chi connectivity index (χ3v) is 5.26. The van der Waals surface area contributed by atoms with Gasteiger partial charge in [-0.15, -0.1) is 0 Å². The number of nitrogens with one attached hydrogen (secondary N) is 2. The number of carbonyl (C=O) groups is 3. The topological polar surface area (TPSA) is 103 Å². The zero-order valence-electron chi connectivity index (χ0n) is 18.2. The molecule has 0 aromatic heterocycles. The number of anilines is 1. The summed E-state index contributed by atoms with van der Waals surface area (Å²) in [5.41, 5.74) is 1.99. The average molecular weight is 481 g/mol. The van der Waals surface area contributed by atoms with E-state index in [0.717, 1.165) is 5.56 Å². The molecule has 174 valence electrons. The van der Waals surface area contributed by atoms with Crippen molar-refractivity contribution in [2.24, 2.45) is 0 Å². The van der Waals surface area contributed by atoms with Gasteiger partial charge < -0.3 is 24.8 Å². The fourth-order valence-corrected chi connectivity index (χ4v) is 3.48. The predicted octanol–water partition coefficient (Wildman–Crippen LogP) is 4.43. The Hall–Kier alpha value is -4.04. The summed E-state index contributed by atoms with van der Waals surface area (Å²) in [7, 11) is 0. The molecule has 0 bridgehead atoms. The SMILES string of the molecule is CCOC(=O)c1ccc(C(=O)Nc2ccc(Cl)cc2C(=O)NCc2ccc3c(c2)OCO3)cc1. The number of halogens is 1. The first-order valence-electron chi connectivity index (χ1n) is 10.5. The van der Waals surface area contributed by atoms with Crippen LogP contribution >= 0.6 is 11.6 Å². The van der Waals surface area contributed by atoms with Crippen LogP contribution in [0.25, 0.3) is 0 Å². The molecular formula is C25H21ClN2O6. The first-order chi connectivity index (χ1) is 16.4. The van der Waals surface area contributed by atoms with E-state index in [9.17, 15) is 14.4 Å². The molecule has 0 saturated carbocycles. The van der Waals surface area contributed by atoms with Gasteiger partial charge in [0.15, 0.2) is 11.5 Å². The molecule has 3 aromatic carbocycles. The second-order valence-corrected chi connectivity index (χ2v) is 7.75. The number of fused-ring (bicyclic) bond motifs is 1. The fraction of sp³-hybridized carbons (Fsp3) is 0.160. The van der Waals surface area contributed by atoms with Crippen molar-refractivity contribution in [3.05, 3.63) is 87.9 Å². The van der Waals surface area contributed by atoms with Gasteiger partial charge in [0.25, 0.3) is 11.8 Å². The minimum atomic E-state index is -0.464. The number of hydrogen-bond acceptors (Lipinski definition) is 6. The van der Waals surface area contributed by atoms with E-state index >= 15 is 0 Å². The lowest BCUT2D eigenvalue weighted by molar-refractivity contribution is 0.0526. The molecular weight excluding hydrogens is 460 g/mol. The maximum absolute atomic E-state index is 12.9. The standard InChI is InChI=1S/C25H21ClN2O6/c1-2-32-25(31)17-6-4-16(5-7-17)23(29)28-20-9-8-18(26)12-19(20)24(30)27-13-15-3-10-21-22(11-15)34-14-33-21/h3-12H,2,13-14H2,1H3,(H,27,30)(H,28,29). The van der Waals surface area contributed by atoms with Crippen LogP contribution in [0.4, 0.5) is 5.69 Å². The number of rotatable bonds is 7. The Balaban J connectivity index is 1.45. The van der Waals surface area contributed by atoms with Gasteiger partial charge >= 0.3 is 5.97 Å². The monoisotopic (exact) mass is 480 g/mol. The summed E-state index contributed by atoms with van der Waals surface area (Å²) in [6, 6.07) is 16.1. The van der Waals surface area contributed by atoms with E-state index < -0.39 is 17.8 Å². The van der Waals surface area contributed by atoms with Crippen molar-refractivity contribution >= 4 is 35.1 Å². The van der Waals surface area contributed by atoms with Crippen LogP contribution in [0.3, 0.4) is 0 Å². The number of esters is 1. The van der Waals surface area contributed by atoms with Crippen molar-refractivity contribution in [2.75, 3.05) is 18.7 Å². The first-order valence-corrected chi connectivity index (χ1v) is 10.9. The molecule has 3 aromatic rings. The summed E-state index contributed by atoms with van der Waals surface area (Å²) in [4.78, 5) is 37.4. The number of benzene rings is 3. The van der Waals surface area contributed by atoms with Crippen molar-refractivity contribution in [3.8, 4) is 11.5 Å². The number of amides is 2. The molecule has 0 unspecified atom stereocenters. The Bertz CT molecular complexity index is 1240. The lowest BCUT2D eigenvalue weighted by atomic mass is 10.1. The molecule has 0 spiro atoms. The Kier molecular flexibility index (Phi) is 6.98. The molecule has 1 heterocycles. The van der Waals surface area contributed by atoms with E-state index in [2.05, 4.69) is 10.6 Å². The van der Waals surface area contributed by atoms with Crippen molar-refractivity contribution in [1.82, 2.24) is 5.32 Å². The van der Waals surface area contributed by atoms with Crippen LogP contribution in [-0.4, -0.2) is 31.2 Å². The van der Waals surface area contributed by atoms with Crippen LogP contribution in [0.1, 0.15) is 43.6 Å². The van der Waals surface area contributed by atoms with Gasteiger partial charge in [-0.25, -0.2) is 4.79 Å². The van der Waals surface area contributed by atoms with Crippen LogP contribution < -0.4 is 20.1 Å². The van der Waals surface area contributed by atoms with E-state index in [0.29, 0.717) is 33.3 Å². The van der Waals surface area contributed by atoms with E-state index in [-0.39, 0.29) is 25.5 Å². The summed E-state index contributed by atoms with van der Waals surface area (Å²) < 4.78 is 15.6. The summed E-state index contributed by atoms with van der Waals surface area (Å²) >= 11 is 6.10. The van der Waals surface area contributed by atoms with Gasteiger partial charge in [0.2, 0.25) is 6.79 Å². The van der Waals surface area contributed by atoms with Gasteiger partial charge in [0.05, 0.1) is 23.4 Å². The van der Waals surface area contributed by atoms with Crippen molar-refractivity contribution < 1.29 is 28.6 Å². The second-order valence-electron chi connectivity index (χ2n) is 7.31. The van der Waals surface area contributed by atoms with E-state index in [1.165, 1.54) is 30.3 Å². The van der Waals surface area contributed by atoms with Crippen LogP contribution in [0.5, 0.6) is 11.5 Å². The van der Waals surface area contributed by atoms with E-state index in [4.69, 9.17) is 25.8 Å². The van der Waals surface area contributed by atoms with Gasteiger partial charge in [0.1, 0.15) is 0 Å². The Labute approximate surface area is 200 Å². The zero-order valence-corrected chi connectivity index (χ0v) is 19.0. The third-order valence-electron chi connectivity index (χ3n) is 5.02. The van der Waals surface area contributed by atoms with Crippen molar-refractivity contribution in [2.45, 2.75) is 13.5 Å². The summed E-state index contributed by atoms with van der Waals surface area (Å²) in [6.07, 6.45) is 0. The van der Waals surface area contributed by atoms with Crippen LogP contribution in [-0.2, 0) is 11.3 Å². The highest BCUT2D eigenvalue weighted by Gasteiger charge is 2.17. The normalized spacial score (nSPS) is 11.6. The van der Waals surface area contributed by atoms with Crippen molar-refractivity contribution in [3.63, 3.8) is 0 Å². The molecule has 0 aliphatic carbocycles. The second kappa shape index (κ2) is 10.3. The van der Waals surface area contributed by atoms with Crippen molar-refractivity contribution in [1.29, 1.82) is 0 Å². The highest BCUT2D eigenvalue weighted by molar-refractivity contribution is 6.31. The van der Waals surface area contributed by atoms with Crippen LogP contribution in [0.2, 0.25) is 5.02 Å². The Morgan fingerprint density at radius 1 is 0.912 bits per heavy atom. The highest BCUT2D eigenvalue weighted by Crippen LogP contribution is 2.32. The zero-order chi connectivity index (χ0) is 24.1. The van der Waals surface area contributed by atoms with Gasteiger partial charge in [-0.05, 0) is 67.1 Å². The molecule has 9 heteroatoms. The summed E-state index contributed by atoms with van der Waals surface area (Å²) in [5.74, 6) is -0.0362. The maximum atomic E-state index is 12.9. The molecule has 0 atom stereocenters. The molecule has 34 heavy (non-hydrogen) atoms. The quantitative estimate of drug-likeness (QED) is 0.485. The smallest absolute Gasteiger partial charge is 0.338 e. The predicted molar refractivity (Wildman–Crippen MR) is 126 cm³/mol. The van der Waals surface area contributed by atoms with Gasteiger partial charge in [-0.1, -0.05) is 17.7 Å². The van der Waals surface area contributed by atoms with Crippen LogP contribution in [0, 0.1) is 0 Å². The lowest BCUT2D eigenvalue weighted by Crippen LogP contribution is -2.25. The third kappa shape index (κ3) is 5.29. The Morgan fingerprint density at radius 3 is 2.41 bits per heavy atom. The highest BCUT2D eigenvalue weighted by atomic mass is 35.5. The lowest BCUT2D eigenvalue weighted by Gasteiger charge is -2.13. The number of ether oxygens (including phenoxy) is 3. The van der Waals surface area contributed by atoms with E-state index in [1.54, 1.807) is 31.2 Å². The van der Waals surface area contributed by atoms with Crippen LogP contribution in [0.15, 0.2) is 60.7 Å². The first kappa shape index (κ1) is 23.1.